The Hall–Kier alpha value is -2.58. The highest BCUT2D eigenvalue weighted by atomic mass is 35.5. The van der Waals surface area contributed by atoms with Crippen LogP contribution in [0.4, 0.5) is 5.69 Å². The first-order chi connectivity index (χ1) is 15.8. The van der Waals surface area contributed by atoms with Crippen LogP contribution in [0, 0.1) is 19.8 Å². The monoisotopic (exact) mass is 507 g/mol. The molecule has 34 heavy (non-hydrogen) atoms. The number of rotatable bonds is 10. The van der Waals surface area contributed by atoms with E-state index in [4.69, 9.17) is 11.6 Å². The number of sulfonamides is 1. The Morgan fingerprint density at radius 1 is 1.00 bits per heavy atom. The van der Waals surface area contributed by atoms with Crippen molar-refractivity contribution in [2.24, 2.45) is 5.92 Å². The summed E-state index contributed by atoms with van der Waals surface area (Å²) in [7, 11) is -3.75. The molecule has 2 aromatic carbocycles. The lowest BCUT2D eigenvalue weighted by molar-refractivity contribution is -0.139. The summed E-state index contributed by atoms with van der Waals surface area (Å²) in [6.45, 7) is 9.61. The maximum atomic E-state index is 13.5. The van der Waals surface area contributed by atoms with Crippen LogP contribution >= 0.6 is 11.6 Å². The van der Waals surface area contributed by atoms with Gasteiger partial charge in [0, 0.05) is 18.1 Å². The van der Waals surface area contributed by atoms with E-state index in [0.717, 1.165) is 27.3 Å². The molecule has 1 N–H and O–H groups in total. The molecule has 2 amide bonds. The van der Waals surface area contributed by atoms with Crippen LogP contribution in [0.25, 0.3) is 0 Å². The van der Waals surface area contributed by atoms with Crippen LogP contribution in [0.3, 0.4) is 0 Å². The van der Waals surface area contributed by atoms with Crippen LogP contribution in [0.15, 0.2) is 42.5 Å². The highest BCUT2D eigenvalue weighted by Crippen LogP contribution is 2.22. The number of nitrogens with one attached hydrogen (secondary N) is 1. The summed E-state index contributed by atoms with van der Waals surface area (Å²) in [6.07, 6.45) is 1.07. The second-order valence-electron chi connectivity index (χ2n) is 9.00. The largest absolute Gasteiger partial charge is 0.354 e. The van der Waals surface area contributed by atoms with Crippen molar-refractivity contribution in [2.45, 2.75) is 47.2 Å². The Labute approximate surface area is 208 Å². The number of hydrogen-bond acceptors (Lipinski definition) is 4. The molecule has 7 nitrogen and oxygen atoms in total. The first-order valence-electron chi connectivity index (χ1n) is 11.2. The maximum Gasteiger partial charge on any atom is 0.244 e. The van der Waals surface area contributed by atoms with Gasteiger partial charge in [-0.05, 0) is 67.6 Å². The van der Waals surface area contributed by atoms with Crippen LogP contribution in [-0.2, 0) is 26.2 Å². The molecule has 0 aromatic heterocycles. The van der Waals surface area contributed by atoms with Gasteiger partial charge in [-0.3, -0.25) is 13.9 Å². The predicted molar refractivity (Wildman–Crippen MR) is 137 cm³/mol. The summed E-state index contributed by atoms with van der Waals surface area (Å²) in [5.41, 5.74) is 3.11. The van der Waals surface area contributed by atoms with Crippen molar-refractivity contribution in [3.8, 4) is 0 Å². The smallest absolute Gasteiger partial charge is 0.244 e. The van der Waals surface area contributed by atoms with Gasteiger partial charge in [-0.25, -0.2) is 8.42 Å². The van der Waals surface area contributed by atoms with E-state index in [-0.39, 0.29) is 18.4 Å². The Morgan fingerprint density at radius 2 is 1.62 bits per heavy atom. The summed E-state index contributed by atoms with van der Waals surface area (Å²) in [6, 6.07) is 11.4. The zero-order valence-electron chi connectivity index (χ0n) is 20.6. The number of halogens is 1. The van der Waals surface area contributed by atoms with E-state index in [1.54, 1.807) is 43.3 Å². The van der Waals surface area contributed by atoms with Crippen LogP contribution < -0.4 is 9.62 Å². The third kappa shape index (κ3) is 7.74. The minimum atomic E-state index is -3.75. The van der Waals surface area contributed by atoms with E-state index in [2.05, 4.69) is 5.32 Å². The molecule has 1 atom stereocenters. The molecule has 0 saturated heterocycles. The van der Waals surface area contributed by atoms with Gasteiger partial charge >= 0.3 is 0 Å². The van der Waals surface area contributed by atoms with Crippen molar-refractivity contribution >= 4 is 39.1 Å². The second-order valence-corrected chi connectivity index (χ2v) is 11.3. The molecule has 2 aromatic rings. The molecule has 0 spiro atoms. The van der Waals surface area contributed by atoms with Gasteiger partial charge in [0.15, 0.2) is 0 Å². The van der Waals surface area contributed by atoms with Crippen molar-refractivity contribution < 1.29 is 18.0 Å². The maximum absolute atomic E-state index is 13.5. The second kappa shape index (κ2) is 11.7. The van der Waals surface area contributed by atoms with Crippen LogP contribution in [0.2, 0.25) is 5.02 Å². The van der Waals surface area contributed by atoms with Crippen molar-refractivity contribution in [1.82, 2.24) is 10.2 Å². The highest BCUT2D eigenvalue weighted by molar-refractivity contribution is 7.92. The topological polar surface area (TPSA) is 86.8 Å². The Balaban J connectivity index is 2.37. The molecular weight excluding hydrogens is 474 g/mol. The molecule has 0 aliphatic heterocycles. The normalized spacial score (nSPS) is 12.4. The molecule has 0 bridgehead atoms. The van der Waals surface area contributed by atoms with E-state index >= 15 is 0 Å². The van der Waals surface area contributed by atoms with Gasteiger partial charge < -0.3 is 10.2 Å². The lowest BCUT2D eigenvalue weighted by atomic mass is 10.1. The number of aryl methyl sites for hydroxylation is 2. The minimum absolute atomic E-state index is 0.136. The molecule has 0 heterocycles. The van der Waals surface area contributed by atoms with E-state index in [1.165, 1.54) is 4.90 Å². The molecule has 0 saturated carbocycles. The first kappa shape index (κ1) is 27.7. The number of nitrogens with zero attached hydrogens (tertiary/aromatic N) is 2. The zero-order chi connectivity index (χ0) is 25.6. The Morgan fingerprint density at radius 3 is 2.15 bits per heavy atom. The molecule has 9 heteroatoms. The summed E-state index contributed by atoms with van der Waals surface area (Å²) < 4.78 is 26.3. The van der Waals surface area contributed by atoms with Crippen molar-refractivity contribution in [1.29, 1.82) is 0 Å². The van der Waals surface area contributed by atoms with E-state index in [0.29, 0.717) is 17.3 Å². The quantitative estimate of drug-likeness (QED) is 0.528. The Kier molecular flexibility index (Phi) is 9.53. The third-order valence-corrected chi connectivity index (χ3v) is 6.97. The number of carbonyl (C=O) groups is 2. The molecule has 0 aliphatic rings. The van der Waals surface area contributed by atoms with E-state index in [1.807, 2.05) is 33.8 Å². The lowest BCUT2D eigenvalue weighted by Crippen LogP contribution is -2.51. The van der Waals surface area contributed by atoms with Gasteiger partial charge in [-0.2, -0.15) is 0 Å². The minimum Gasteiger partial charge on any atom is -0.354 e. The average Bonchev–Trinajstić information content (AvgIpc) is 2.76. The molecule has 186 valence electrons. The lowest BCUT2D eigenvalue weighted by Gasteiger charge is -2.31. The summed E-state index contributed by atoms with van der Waals surface area (Å²) in [5.74, 6) is -0.527. The molecular formula is C25H34ClN3O4S. The van der Waals surface area contributed by atoms with Crippen LogP contribution in [0.1, 0.15) is 37.5 Å². The van der Waals surface area contributed by atoms with Crippen molar-refractivity contribution in [3.63, 3.8) is 0 Å². The van der Waals surface area contributed by atoms with Crippen LogP contribution in [-0.4, -0.2) is 50.5 Å². The van der Waals surface area contributed by atoms with Gasteiger partial charge in [0.05, 0.1) is 11.9 Å². The predicted octanol–water partition coefficient (Wildman–Crippen LogP) is 3.91. The molecule has 0 radical (unpaired) electrons. The zero-order valence-corrected chi connectivity index (χ0v) is 22.2. The fourth-order valence-electron chi connectivity index (χ4n) is 3.32. The van der Waals surface area contributed by atoms with E-state index < -0.39 is 28.5 Å². The summed E-state index contributed by atoms with van der Waals surface area (Å²) in [4.78, 5) is 27.7. The average molecular weight is 508 g/mol. The van der Waals surface area contributed by atoms with Gasteiger partial charge in [0.2, 0.25) is 21.8 Å². The van der Waals surface area contributed by atoms with Gasteiger partial charge in [0.1, 0.15) is 12.6 Å². The number of amides is 2. The SMILES string of the molecule is Cc1ccc(N(CC(=O)N(Cc2ccc(Cl)cc2)[C@@H](C)C(=O)NCC(C)C)S(C)(=O)=O)cc1C. The van der Waals surface area contributed by atoms with Crippen molar-refractivity contribution in [3.05, 3.63) is 64.2 Å². The molecule has 0 aliphatic carbocycles. The molecule has 0 fully saturated rings. The first-order valence-corrected chi connectivity index (χ1v) is 13.4. The number of carbonyl (C=O) groups excluding carboxylic acids is 2. The number of benzene rings is 2. The van der Waals surface area contributed by atoms with Crippen LogP contribution in [0.5, 0.6) is 0 Å². The fraction of sp³-hybridized carbons (Fsp3) is 0.440. The Bertz CT molecular complexity index is 1120. The standard InChI is InChI=1S/C25H34ClN3O4S/c1-17(2)14-27-25(31)20(5)28(15-21-8-10-22(26)11-9-21)24(30)16-29(34(6,32)33)23-12-7-18(3)19(4)13-23/h7-13,17,20H,14-16H2,1-6H3,(H,27,31)/t20-/m0/s1. The van der Waals surface area contributed by atoms with Gasteiger partial charge in [-0.1, -0.05) is 43.6 Å². The van der Waals surface area contributed by atoms with Gasteiger partial charge in [-0.15, -0.1) is 0 Å². The molecule has 0 unspecified atom stereocenters. The van der Waals surface area contributed by atoms with Crippen molar-refractivity contribution in [2.75, 3.05) is 23.7 Å². The summed E-state index contributed by atoms with van der Waals surface area (Å²) in [5, 5.41) is 3.41. The number of anilines is 1. The number of hydrogen-bond donors (Lipinski definition) is 1. The fourth-order valence-corrected chi connectivity index (χ4v) is 4.28. The highest BCUT2D eigenvalue weighted by Gasteiger charge is 2.30. The summed E-state index contributed by atoms with van der Waals surface area (Å²) >= 11 is 5.99. The third-order valence-electron chi connectivity index (χ3n) is 5.58. The van der Waals surface area contributed by atoms with E-state index in [9.17, 15) is 18.0 Å². The van der Waals surface area contributed by atoms with Gasteiger partial charge in [0.25, 0.3) is 0 Å². The molecule has 2 rings (SSSR count).